The first-order chi connectivity index (χ1) is 37.4. The van der Waals surface area contributed by atoms with Crippen molar-refractivity contribution < 1.29 is 110 Å². The summed E-state index contributed by atoms with van der Waals surface area (Å²) in [6.07, 6.45) is -52.2. The molecule has 0 saturated heterocycles. The van der Waals surface area contributed by atoms with E-state index in [9.17, 15) is 110 Å². The van der Waals surface area contributed by atoms with Crippen LogP contribution in [0.15, 0.2) is 158 Å². The Hall–Kier alpha value is -7.37. The zero-order valence-corrected chi connectivity index (χ0v) is 41.7. The number of hydrogen-bond acceptors (Lipinski definition) is 1. The SMILES string of the molecule is C[S+](=O)(C#Cc1ccccc1)Cc1ccc(Cc2ccccc2)cc1.FC(F)(F)c1cc([B-](c2cc(C(F)(F)F)cc(C(F)(F)F)c2)(c2cc(C(F)(F)F)cc(C(F)(F)F)c2)c2cc(C(F)(F)F)cc(C(F)(F)F)c2)cc(C(F)(F)F)c1. The zero-order chi connectivity index (χ0) is 61.5. The van der Waals surface area contributed by atoms with Gasteiger partial charge in [0.25, 0.3) is 0 Å². The van der Waals surface area contributed by atoms with Crippen molar-refractivity contribution in [3.63, 3.8) is 0 Å². The maximum absolute atomic E-state index is 14.2. The second kappa shape index (κ2) is 22.8. The van der Waals surface area contributed by atoms with Crippen molar-refractivity contribution in [1.82, 2.24) is 0 Å². The molecular weight excluding hydrogens is 1180 g/mol. The van der Waals surface area contributed by atoms with Gasteiger partial charge in [-0.25, -0.2) is 0 Å². The van der Waals surface area contributed by atoms with Crippen LogP contribution >= 0.6 is 0 Å². The van der Waals surface area contributed by atoms with Gasteiger partial charge in [-0.1, -0.05) is 126 Å². The molecule has 0 aliphatic rings. The molecule has 0 aliphatic carbocycles. The van der Waals surface area contributed by atoms with Crippen molar-refractivity contribution in [2.75, 3.05) is 6.26 Å². The monoisotopic (exact) mass is 1210 g/mol. The second-order valence-electron chi connectivity index (χ2n) is 18.4. The molecule has 7 aromatic rings. The number of halogens is 24. The molecule has 0 aliphatic heterocycles. The minimum atomic E-state index is -6.13. The minimum Gasteiger partial charge on any atom is -0.194 e. The van der Waals surface area contributed by atoms with Crippen LogP contribution < -0.4 is 21.9 Å². The summed E-state index contributed by atoms with van der Waals surface area (Å²) in [5.41, 5.74) is -25.7. The van der Waals surface area contributed by atoms with Gasteiger partial charge in [0, 0.05) is 11.1 Å². The van der Waals surface area contributed by atoms with Gasteiger partial charge in [-0.3, -0.25) is 0 Å². The predicted octanol–water partition coefficient (Wildman–Crippen LogP) is 16.1. The molecule has 7 rings (SSSR count). The third-order valence-electron chi connectivity index (χ3n) is 12.3. The lowest BCUT2D eigenvalue weighted by atomic mass is 9.12. The normalized spacial score (nSPS) is 13.8. The molecule has 0 radical (unpaired) electrons. The fourth-order valence-corrected chi connectivity index (χ4v) is 9.93. The average molecular weight is 1210 g/mol. The Morgan fingerprint density at radius 2 is 0.561 bits per heavy atom. The average Bonchev–Trinajstić information content (AvgIpc) is 1.58. The summed E-state index contributed by atoms with van der Waals surface area (Å²) < 4.78 is 354. The fourth-order valence-electron chi connectivity index (χ4n) is 8.70. The highest BCUT2D eigenvalue weighted by molar-refractivity contribution is 8.05. The lowest BCUT2D eigenvalue weighted by Gasteiger charge is -2.46. The molecule has 1 nitrogen and oxygen atoms in total. The van der Waals surface area contributed by atoms with Crippen LogP contribution in [0.5, 0.6) is 0 Å². The molecule has 0 aromatic heterocycles. The first kappa shape index (κ1) is 63.8. The van der Waals surface area contributed by atoms with E-state index in [-0.39, 0.29) is 0 Å². The van der Waals surface area contributed by atoms with Crippen LogP contribution in [0.2, 0.25) is 0 Å². The number of hydrogen-bond donors (Lipinski definition) is 0. The molecule has 0 amide bonds. The predicted molar refractivity (Wildman–Crippen MR) is 257 cm³/mol. The van der Waals surface area contributed by atoms with Crippen molar-refractivity contribution in [3.05, 3.63) is 224 Å². The molecule has 1 unspecified atom stereocenters. The van der Waals surface area contributed by atoms with E-state index in [2.05, 4.69) is 59.7 Å². The molecule has 7 aromatic carbocycles. The summed E-state index contributed by atoms with van der Waals surface area (Å²) in [5.74, 6) is 3.51. The number of benzene rings is 7. The summed E-state index contributed by atoms with van der Waals surface area (Å²) in [5, 5.41) is 2.96. The second-order valence-corrected chi connectivity index (χ2v) is 20.9. The third-order valence-corrected chi connectivity index (χ3v) is 13.8. The van der Waals surface area contributed by atoms with Gasteiger partial charge in [-0.15, -0.1) is 0 Å². The Morgan fingerprint density at radius 1 is 0.329 bits per heavy atom. The summed E-state index contributed by atoms with van der Waals surface area (Å²) in [4.78, 5) is 0. The largest absolute Gasteiger partial charge is 0.416 e. The van der Waals surface area contributed by atoms with E-state index < -0.39 is 205 Å². The van der Waals surface area contributed by atoms with Gasteiger partial charge in [0.2, 0.25) is 0 Å². The molecule has 0 fully saturated rings. The minimum absolute atomic E-state index is 0.485. The van der Waals surface area contributed by atoms with Gasteiger partial charge >= 0.3 is 49.4 Å². The van der Waals surface area contributed by atoms with E-state index in [1.807, 2.05) is 36.4 Å². The molecule has 1 atom stereocenters. The van der Waals surface area contributed by atoms with E-state index in [4.69, 9.17) is 0 Å². The summed E-state index contributed by atoms with van der Waals surface area (Å²) in [6.45, 7) is 0. The summed E-state index contributed by atoms with van der Waals surface area (Å²) in [7, 11) is -2.22. The maximum atomic E-state index is 14.2. The Morgan fingerprint density at radius 3 is 0.817 bits per heavy atom. The van der Waals surface area contributed by atoms with Crippen LogP contribution in [0.1, 0.15) is 66.8 Å². The van der Waals surface area contributed by atoms with Crippen LogP contribution in [0.4, 0.5) is 105 Å². The lowest BCUT2D eigenvalue weighted by molar-refractivity contribution is -0.144. The first-order valence-corrected chi connectivity index (χ1v) is 25.0. The molecule has 0 N–H and O–H groups in total. The van der Waals surface area contributed by atoms with Crippen LogP contribution in [-0.4, -0.2) is 12.4 Å². The Kier molecular flexibility index (Phi) is 17.7. The number of rotatable bonds is 8. The number of alkyl halides is 24. The van der Waals surface area contributed by atoms with E-state index in [0.29, 0.717) is 5.75 Å². The van der Waals surface area contributed by atoms with Gasteiger partial charge < -0.3 is 0 Å². The first-order valence-electron chi connectivity index (χ1n) is 22.9. The highest BCUT2D eigenvalue weighted by Crippen LogP contribution is 2.41. The molecule has 0 spiro atoms. The van der Waals surface area contributed by atoms with E-state index in [0.717, 1.165) is 17.5 Å². The Bertz CT molecular complexity index is 3070. The smallest absolute Gasteiger partial charge is 0.194 e. The highest BCUT2D eigenvalue weighted by Gasteiger charge is 2.47. The quantitative estimate of drug-likeness (QED) is 0.0641. The van der Waals surface area contributed by atoms with Gasteiger partial charge in [0.15, 0.2) is 15.2 Å². The van der Waals surface area contributed by atoms with E-state index >= 15 is 0 Å². The van der Waals surface area contributed by atoms with Gasteiger partial charge in [0.1, 0.15) is 18.2 Å². The Labute approximate surface area is 449 Å². The topological polar surface area (TPSA) is 17.1 Å². The molecule has 436 valence electrons. The van der Waals surface area contributed by atoms with Crippen molar-refractivity contribution >= 4 is 37.9 Å². The van der Waals surface area contributed by atoms with Crippen molar-refractivity contribution in [2.45, 2.75) is 61.6 Å². The van der Waals surface area contributed by atoms with Crippen molar-refractivity contribution in [3.8, 4) is 11.2 Å². The van der Waals surface area contributed by atoms with Crippen molar-refractivity contribution in [1.29, 1.82) is 0 Å². The standard InChI is InChI=1S/C32H12BF24.C23H21OS/c34-25(35,36)13-1-14(26(37,38)39)6-21(5-13)33(22-7-15(27(40,41)42)2-16(8-22)28(43,44)45,23-9-17(29(46,47)48)3-18(10-23)30(49,50)51)24-11-19(31(52,53)54)4-20(12-24)32(55,56)57;1-25(24,17-16-20-8-4-2-5-9-20)19-23-14-12-22(13-15-23)18-21-10-6-3-7-11-21/h1-12H;2-15H,18-19H2,1H3/q-1;+1. The zero-order valence-electron chi connectivity index (χ0n) is 40.9. The molecule has 0 bridgehead atoms. The van der Waals surface area contributed by atoms with Gasteiger partial charge in [-0.05, 0) is 59.9 Å². The van der Waals surface area contributed by atoms with Gasteiger partial charge in [-0.2, -0.15) is 127 Å². The van der Waals surface area contributed by atoms with Crippen LogP contribution in [-0.2, 0) is 75.7 Å². The molecule has 27 heteroatoms. The summed E-state index contributed by atoms with van der Waals surface area (Å²) in [6, 6.07) is 19.6. The summed E-state index contributed by atoms with van der Waals surface area (Å²) >= 11 is 0. The van der Waals surface area contributed by atoms with E-state index in [1.54, 1.807) is 6.26 Å². The Balaban J connectivity index is 0.000000357. The van der Waals surface area contributed by atoms with Crippen LogP contribution in [0.3, 0.4) is 0 Å². The molecule has 0 heterocycles. The van der Waals surface area contributed by atoms with Crippen LogP contribution in [0, 0.1) is 11.2 Å². The van der Waals surface area contributed by atoms with Gasteiger partial charge in [0.05, 0.1) is 44.5 Å². The van der Waals surface area contributed by atoms with Crippen LogP contribution in [0.25, 0.3) is 0 Å². The highest BCUT2D eigenvalue weighted by atomic mass is 32.2. The van der Waals surface area contributed by atoms with E-state index in [1.165, 1.54) is 11.1 Å². The third kappa shape index (κ3) is 15.8. The maximum Gasteiger partial charge on any atom is 0.416 e. The van der Waals surface area contributed by atoms with Crippen molar-refractivity contribution in [2.24, 2.45) is 0 Å². The molecule has 0 saturated carbocycles. The molecular formula is C55H33BF24OS. The fraction of sp³-hybridized carbons (Fsp3) is 0.200. The lowest BCUT2D eigenvalue weighted by Crippen LogP contribution is -2.75. The molecule has 82 heavy (non-hydrogen) atoms.